The van der Waals surface area contributed by atoms with E-state index in [1.165, 1.54) is 5.01 Å². The molecule has 3 heteroatoms. The van der Waals surface area contributed by atoms with E-state index in [4.69, 9.17) is 0 Å². The summed E-state index contributed by atoms with van der Waals surface area (Å²) < 4.78 is 0. The van der Waals surface area contributed by atoms with Crippen molar-refractivity contribution in [3.63, 3.8) is 0 Å². The van der Waals surface area contributed by atoms with E-state index in [9.17, 15) is 0 Å². The Bertz CT molecular complexity index is 315. The molecule has 1 aromatic rings. The minimum absolute atomic E-state index is 0.291. The van der Waals surface area contributed by atoms with Crippen molar-refractivity contribution in [1.29, 1.82) is 0 Å². The van der Waals surface area contributed by atoms with Crippen LogP contribution in [-0.2, 0) is 6.42 Å². The third-order valence-electron chi connectivity index (χ3n) is 2.45. The lowest BCUT2D eigenvalue weighted by Crippen LogP contribution is -2.33. The SMILES string of the molecule is Cc1csc(CC(C)(C)CNCC(C)C)n1. The van der Waals surface area contributed by atoms with Gasteiger partial charge >= 0.3 is 0 Å². The second kappa shape index (κ2) is 5.78. The average Bonchev–Trinajstić information content (AvgIpc) is 2.48. The highest BCUT2D eigenvalue weighted by molar-refractivity contribution is 7.09. The lowest BCUT2D eigenvalue weighted by atomic mass is 9.89. The fraction of sp³-hybridized carbons (Fsp3) is 0.769. The van der Waals surface area contributed by atoms with E-state index in [2.05, 4.69) is 50.3 Å². The van der Waals surface area contributed by atoms with Gasteiger partial charge in [-0.3, -0.25) is 0 Å². The summed E-state index contributed by atoms with van der Waals surface area (Å²) in [7, 11) is 0. The Kier molecular flexibility index (Phi) is 4.93. The zero-order valence-electron chi connectivity index (χ0n) is 11.1. The third kappa shape index (κ3) is 5.08. The van der Waals surface area contributed by atoms with Gasteiger partial charge < -0.3 is 5.32 Å². The van der Waals surface area contributed by atoms with Crippen molar-refractivity contribution in [2.45, 2.75) is 41.0 Å². The highest BCUT2D eigenvalue weighted by Gasteiger charge is 2.19. The summed E-state index contributed by atoms with van der Waals surface area (Å²) in [6.45, 7) is 13.3. The molecule has 0 amide bonds. The van der Waals surface area contributed by atoms with Gasteiger partial charge in [0, 0.05) is 24.0 Å². The smallest absolute Gasteiger partial charge is 0.0933 e. The Hall–Kier alpha value is -0.410. The van der Waals surface area contributed by atoms with Crippen LogP contribution < -0.4 is 5.32 Å². The van der Waals surface area contributed by atoms with Gasteiger partial charge in [0.25, 0.3) is 0 Å². The molecule has 0 aliphatic carbocycles. The van der Waals surface area contributed by atoms with Crippen molar-refractivity contribution >= 4 is 11.3 Å². The molecule has 1 aromatic heterocycles. The first-order valence-corrected chi connectivity index (χ1v) is 6.89. The van der Waals surface area contributed by atoms with Crippen LogP contribution >= 0.6 is 11.3 Å². The maximum atomic E-state index is 4.53. The van der Waals surface area contributed by atoms with Crippen LogP contribution in [0.3, 0.4) is 0 Å². The summed E-state index contributed by atoms with van der Waals surface area (Å²) in [4.78, 5) is 4.53. The van der Waals surface area contributed by atoms with Crippen molar-refractivity contribution < 1.29 is 0 Å². The first-order valence-electron chi connectivity index (χ1n) is 6.01. The number of nitrogens with zero attached hydrogens (tertiary/aromatic N) is 1. The van der Waals surface area contributed by atoms with Crippen molar-refractivity contribution in [3.8, 4) is 0 Å². The summed E-state index contributed by atoms with van der Waals surface area (Å²) in [5.74, 6) is 0.720. The molecule has 92 valence electrons. The van der Waals surface area contributed by atoms with Gasteiger partial charge in [0.05, 0.1) is 5.01 Å². The maximum Gasteiger partial charge on any atom is 0.0933 e. The summed E-state index contributed by atoms with van der Waals surface area (Å²) in [6, 6.07) is 0. The van der Waals surface area contributed by atoms with E-state index in [1.807, 2.05) is 0 Å². The number of aromatic nitrogens is 1. The third-order valence-corrected chi connectivity index (χ3v) is 3.42. The van der Waals surface area contributed by atoms with Crippen LogP contribution in [0.5, 0.6) is 0 Å². The molecule has 0 radical (unpaired) electrons. The molecule has 0 bridgehead atoms. The van der Waals surface area contributed by atoms with Crippen molar-refractivity contribution in [1.82, 2.24) is 10.3 Å². The second-order valence-electron chi connectivity index (χ2n) is 5.75. The predicted molar refractivity (Wildman–Crippen MR) is 72.0 cm³/mol. The van der Waals surface area contributed by atoms with Crippen LogP contribution in [0.25, 0.3) is 0 Å². The Morgan fingerprint density at radius 1 is 1.44 bits per heavy atom. The normalized spacial score (nSPS) is 12.4. The van der Waals surface area contributed by atoms with Crippen LogP contribution in [-0.4, -0.2) is 18.1 Å². The minimum Gasteiger partial charge on any atom is -0.316 e. The number of aryl methyl sites for hydroxylation is 1. The zero-order chi connectivity index (χ0) is 12.2. The van der Waals surface area contributed by atoms with E-state index in [-0.39, 0.29) is 0 Å². The molecule has 0 atom stereocenters. The zero-order valence-corrected chi connectivity index (χ0v) is 11.9. The minimum atomic E-state index is 0.291. The first kappa shape index (κ1) is 13.7. The molecule has 16 heavy (non-hydrogen) atoms. The topological polar surface area (TPSA) is 24.9 Å². The number of thiazole rings is 1. The molecule has 0 unspecified atom stereocenters. The number of nitrogens with one attached hydrogen (secondary N) is 1. The van der Waals surface area contributed by atoms with Crippen LogP contribution in [0.4, 0.5) is 0 Å². The Balaban J connectivity index is 2.39. The number of hydrogen-bond donors (Lipinski definition) is 1. The van der Waals surface area contributed by atoms with Gasteiger partial charge in [0.15, 0.2) is 0 Å². The maximum absolute atomic E-state index is 4.53. The molecule has 1 N–H and O–H groups in total. The quantitative estimate of drug-likeness (QED) is 0.825. The highest BCUT2D eigenvalue weighted by atomic mass is 32.1. The van der Waals surface area contributed by atoms with E-state index < -0.39 is 0 Å². The van der Waals surface area contributed by atoms with E-state index >= 15 is 0 Å². The molecule has 0 saturated heterocycles. The monoisotopic (exact) mass is 240 g/mol. The van der Waals surface area contributed by atoms with Gasteiger partial charge in [0.1, 0.15) is 0 Å². The lowest BCUT2D eigenvalue weighted by molar-refractivity contribution is 0.330. The van der Waals surface area contributed by atoms with Crippen molar-refractivity contribution in [2.24, 2.45) is 11.3 Å². The van der Waals surface area contributed by atoms with E-state index in [1.54, 1.807) is 11.3 Å². The molecule has 0 aromatic carbocycles. The summed E-state index contributed by atoms with van der Waals surface area (Å²) in [6.07, 6.45) is 1.07. The van der Waals surface area contributed by atoms with Gasteiger partial charge in [-0.15, -0.1) is 11.3 Å². The standard InChI is InChI=1S/C13H24N2S/c1-10(2)7-14-9-13(4,5)6-12-15-11(3)8-16-12/h8,10,14H,6-7,9H2,1-5H3. The summed E-state index contributed by atoms with van der Waals surface area (Å²) in [5.41, 5.74) is 1.44. The lowest BCUT2D eigenvalue weighted by Gasteiger charge is -2.24. The highest BCUT2D eigenvalue weighted by Crippen LogP contribution is 2.23. The Morgan fingerprint density at radius 2 is 2.12 bits per heavy atom. The fourth-order valence-corrected chi connectivity index (χ4v) is 2.69. The van der Waals surface area contributed by atoms with Gasteiger partial charge in [-0.25, -0.2) is 4.98 Å². The van der Waals surface area contributed by atoms with Gasteiger partial charge in [-0.2, -0.15) is 0 Å². The average molecular weight is 240 g/mol. The molecule has 0 saturated carbocycles. The molecular weight excluding hydrogens is 216 g/mol. The summed E-state index contributed by atoms with van der Waals surface area (Å²) in [5, 5.41) is 6.92. The second-order valence-corrected chi connectivity index (χ2v) is 6.69. The van der Waals surface area contributed by atoms with Crippen molar-refractivity contribution in [2.75, 3.05) is 13.1 Å². The van der Waals surface area contributed by atoms with Crippen molar-refractivity contribution in [3.05, 3.63) is 16.1 Å². The largest absolute Gasteiger partial charge is 0.316 e. The van der Waals surface area contributed by atoms with E-state index in [0.717, 1.165) is 31.1 Å². The predicted octanol–water partition coefficient (Wildman–Crippen LogP) is 3.27. The molecule has 0 fully saturated rings. The number of rotatable bonds is 6. The molecule has 1 rings (SSSR count). The number of hydrogen-bond acceptors (Lipinski definition) is 3. The first-order chi connectivity index (χ1) is 7.39. The summed E-state index contributed by atoms with van der Waals surface area (Å²) >= 11 is 1.78. The van der Waals surface area contributed by atoms with Gasteiger partial charge in [-0.1, -0.05) is 27.7 Å². The molecule has 0 aliphatic heterocycles. The van der Waals surface area contributed by atoms with Crippen LogP contribution in [0, 0.1) is 18.3 Å². The van der Waals surface area contributed by atoms with Gasteiger partial charge in [0.2, 0.25) is 0 Å². The Labute approximate surface area is 103 Å². The molecular formula is C13H24N2S. The Morgan fingerprint density at radius 3 is 2.62 bits per heavy atom. The molecule has 0 aliphatic rings. The van der Waals surface area contributed by atoms with Crippen LogP contribution in [0.1, 0.15) is 38.4 Å². The van der Waals surface area contributed by atoms with E-state index in [0.29, 0.717) is 5.41 Å². The molecule has 2 nitrogen and oxygen atoms in total. The molecule has 1 heterocycles. The fourth-order valence-electron chi connectivity index (χ4n) is 1.66. The van der Waals surface area contributed by atoms with Crippen LogP contribution in [0.15, 0.2) is 5.38 Å². The van der Waals surface area contributed by atoms with Crippen LogP contribution in [0.2, 0.25) is 0 Å². The van der Waals surface area contributed by atoms with Gasteiger partial charge in [-0.05, 0) is 24.8 Å². The molecule has 0 spiro atoms.